The van der Waals surface area contributed by atoms with Crippen molar-refractivity contribution in [3.63, 3.8) is 0 Å². The first-order valence-electron chi connectivity index (χ1n) is 5.60. The third kappa shape index (κ3) is 2.54. The predicted octanol–water partition coefficient (Wildman–Crippen LogP) is 4.33. The zero-order valence-corrected chi connectivity index (χ0v) is 11.8. The zero-order valence-electron chi connectivity index (χ0n) is 10.3. The summed E-state index contributed by atoms with van der Waals surface area (Å²) in [4.78, 5) is 1.18. The molecule has 3 heteroatoms. The van der Waals surface area contributed by atoms with Crippen molar-refractivity contribution in [3.05, 3.63) is 56.2 Å². The summed E-state index contributed by atoms with van der Waals surface area (Å²) in [5, 5.41) is 6.22. The van der Waals surface area contributed by atoms with E-state index in [0.717, 1.165) is 5.02 Å². The Morgan fingerprint density at radius 1 is 1.24 bits per heavy atom. The van der Waals surface area contributed by atoms with Gasteiger partial charge in [-0.3, -0.25) is 0 Å². The normalized spacial score (nSPS) is 12.7. The predicted molar refractivity (Wildman–Crippen MR) is 76.1 cm³/mol. The van der Waals surface area contributed by atoms with E-state index in [9.17, 15) is 0 Å². The SMILES string of the molecule is CNC(c1ccc(C)cc1C)c1sccc1Cl. The molecule has 1 aromatic carbocycles. The number of thiophene rings is 1. The number of hydrogen-bond acceptors (Lipinski definition) is 2. The Morgan fingerprint density at radius 2 is 2.00 bits per heavy atom. The summed E-state index contributed by atoms with van der Waals surface area (Å²) in [5.74, 6) is 0. The van der Waals surface area contributed by atoms with Gasteiger partial charge in [0.25, 0.3) is 0 Å². The van der Waals surface area contributed by atoms with Crippen molar-refractivity contribution in [2.24, 2.45) is 0 Å². The van der Waals surface area contributed by atoms with Gasteiger partial charge in [0.05, 0.1) is 11.1 Å². The van der Waals surface area contributed by atoms with Gasteiger partial charge in [0.15, 0.2) is 0 Å². The number of rotatable bonds is 3. The van der Waals surface area contributed by atoms with Crippen LogP contribution >= 0.6 is 22.9 Å². The van der Waals surface area contributed by atoms with Crippen molar-refractivity contribution in [1.82, 2.24) is 5.32 Å². The molecule has 0 spiro atoms. The average Bonchev–Trinajstić information content (AvgIpc) is 2.69. The summed E-state index contributed by atoms with van der Waals surface area (Å²) < 4.78 is 0. The molecule has 1 atom stereocenters. The number of hydrogen-bond donors (Lipinski definition) is 1. The molecule has 0 aliphatic rings. The van der Waals surface area contributed by atoms with Crippen LogP contribution in [0.2, 0.25) is 5.02 Å². The number of aryl methyl sites for hydroxylation is 2. The highest BCUT2D eigenvalue weighted by Gasteiger charge is 2.18. The fraction of sp³-hybridized carbons (Fsp3) is 0.286. The van der Waals surface area contributed by atoms with Crippen LogP contribution in [0.15, 0.2) is 29.6 Å². The lowest BCUT2D eigenvalue weighted by atomic mass is 9.98. The highest BCUT2D eigenvalue weighted by molar-refractivity contribution is 7.10. The first-order chi connectivity index (χ1) is 8.13. The molecule has 0 bridgehead atoms. The molecule has 17 heavy (non-hydrogen) atoms. The molecule has 0 radical (unpaired) electrons. The fourth-order valence-electron chi connectivity index (χ4n) is 2.09. The summed E-state index contributed by atoms with van der Waals surface area (Å²) in [6.45, 7) is 4.26. The van der Waals surface area contributed by atoms with Gasteiger partial charge in [-0.2, -0.15) is 0 Å². The van der Waals surface area contributed by atoms with Gasteiger partial charge in [-0.05, 0) is 43.5 Å². The van der Waals surface area contributed by atoms with E-state index in [4.69, 9.17) is 11.6 Å². The van der Waals surface area contributed by atoms with Crippen molar-refractivity contribution in [1.29, 1.82) is 0 Å². The van der Waals surface area contributed by atoms with Crippen LogP contribution in [-0.2, 0) is 0 Å². The van der Waals surface area contributed by atoms with E-state index < -0.39 is 0 Å². The van der Waals surface area contributed by atoms with Crippen LogP contribution in [-0.4, -0.2) is 7.05 Å². The standard InChI is InChI=1S/C14H16ClNS/c1-9-4-5-11(10(2)8-9)13(16-3)14-12(15)6-7-17-14/h4-8,13,16H,1-3H3. The molecule has 0 aliphatic carbocycles. The van der Waals surface area contributed by atoms with Gasteiger partial charge in [-0.25, -0.2) is 0 Å². The Kier molecular flexibility index (Phi) is 3.87. The van der Waals surface area contributed by atoms with Gasteiger partial charge in [0.1, 0.15) is 0 Å². The minimum Gasteiger partial charge on any atom is -0.309 e. The molecule has 0 aliphatic heterocycles. The minimum atomic E-state index is 0.183. The quantitative estimate of drug-likeness (QED) is 0.871. The second-order valence-corrected chi connectivity index (χ2v) is 5.57. The van der Waals surface area contributed by atoms with Crippen LogP contribution in [0.5, 0.6) is 0 Å². The highest BCUT2D eigenvalue weighted by Crippen LogP contribution is 2.34. The molecule has 1 aromatic heterocycles. The molecule has 1 unspecified atom stereocenters. The van der Waals surface area contributed by atoms with Crippen LogP contribution in [0.3, 0.4) is 0 Å². The molecule has 0 amide bonds. The van der Waals surface area contributed by atoms with Crippen LogP contribution in [0, 0.1) is 13.8 Å². The van der Waals surface area contributed by atoms with E-state index in [1.165, 1.54) is 21.6 Å². The van der Waals surface area contributed by atoms with Crippen molar-refractivity contribution in [3.8, 4) is 0 Å². The summed E-state index contributed by atoms with van der Waals surface area (Å²) in [5.41, 5.74) is 3.88. The Hall–Kier alpha value is -0.830. The molecule has 0 saturated heterocycles. The number of benzene rings is 1. The number of nitrogens with one attached hydrogen (secondary N) is 1. The topological polar surface area (TPSA) is 12.0 Å². The number of halogens is 1. The van der Waals surface area contributed by atoms with Crippen molar-refractivity contribution >= 4 is 22.9 Å². The van der Waals surface area contributed by atoms with Crippen molar-refractivity contribution in [2.75, 3.05) is 7.05 Å². The Labute approximate surface area is 111 Å². The maximum atomic E-state index is 6.22. The molecule has 2 rings (SSSR count). The van der Waals surface area contributed by atoms with E-state index in [2.05, 4.69) is 37.4 Å². The second-order valence-electron chi connectivity index (χ2n) is 4.21. The molecule has 1 heterocycles. The van der Waals surface area contributed by atoms with E-state index in [-0.39, 0.29) is 6.04 Å². The zero-order chi connectivity index (χ0) is 12.4. The average molecular weight is 266 g/mol. The van der Waals surface area contributed by atoms with E-state index in [1.54, 1.807) is 11.3 Å². The van der Waals surface area contributed by atoms with Crippen molar-refractivity contribution in [2.45, 2.75) is 19.9 Å². The Balaban J connectivity index is 2.46. The van der Waals surface area contributed by atoms with E-state index in [1.807, 2.05) is 18.5 Å². The van der Waals surface area contributed by atoms with Gasteiger partial charge >= 0.3 is 0 Å². The van der Waals surface area contributed by atoms with Gasteiger partial charge in [0, 0.05) is 4.88 Å². The maximum Gasteiger partial charge on any atom is 0.0686 e. The summed E-state index contributed by atoms with van der Waals surface area (Å²) >= 11 is 7.91. The molecule has 2 aromatic rings. The maximum absolute atomic E-state index is 6.22. The first-order valence-corrected chi connectivity index (χ1v) is 6.86. The molecular formula is C14H16ClNS. The van der Waals surface area contributed by atoms with E-state index in [0.29, 0.717) is 0 Å². The lowest BCUT2D eigenvalue weighted by molar-refractivity contribution is 0.699. The minimum absolute atomic E-state index is 0.183. The monoisotopic (exact) mass is 265 g/mol. The summed E-state index contributed by atoms with van der Waals surface area (Å²) in [7, 11) is 1.97. The molecule has 0 saturated carbocycles. The van der Waals surface area contributed by atoms with Crippen LogP contribution in [0.25, 0.3) is 0 Å². The fourth-order valence-corrected chi connectivity index (χ4v) is 3.38. The van der Waals surface area contributed by atoms with Gasteiger partial charge in [0.2, 0.25) is 0 Å². The first kappa shape index (κ1) is 12.6. The smallest absolute Gasteiger partial charge is 0.0686 e. The van der Waals surface area contributed by atoms with Crippen molar-refractivity contribution < 1.29 is 0 Å². The van der Waals surface area contributed by atoms with Gasteiger partial charge in [-0.15, -0.1) is 11.3 Å². The molecular weight excluding hydrogens is 250 g/mol. The molecule has 0 fully saturated rings. The largest absolute Gasteiger partial charge is 0.309 e. The Bertz CT molecular complexity index is 519. The Morgan fingerprint density at radius 3 is 2.53 bits per heavy atom. The van der Waals surface area contributed by atoms with E-state index >= 15 is 0 Å². The molecule has 90 valence electrons. The molecule has 1 nitrogen and oxygen atoms in total. The second kappa shape index (κ2) is 5.21. The summed E-state index contributed by atoms with van der Waals surface area (Å²) in [6.07, 6.45) is 0. The lowest BCUT2D eigenvalue weighted by Gasteiger charge is -2.18. The third-order valence-electron chi connectivity index (χ3n) is 2.93. The summed E-state index contributed by atoms with van der Waals surface area (Å²) in [6, 6.07) is 8.68. The lowest BCUT2D eigenvalue weighted by Crippen LogP contribution is -2.17. The van der Waals surface area contributed by atoms with Gasteiger partial charge in [-0.1, -0.05) is 35.4 Å². The molecule has 1 N–H and O–H groups in total. The highest BCUT2D eigenvalue weighted by atomic mass is 35.5. The third-order valence-corrected chi connectivity index (χ3v) is 4.36. The van der Waals surface area contributed by atoms with Crippen LogP contribution in [0.1, 0.15) is 27.6 Å². The van der Waals surface area contributed by atoms with Gasteiger partial charge < -0.3 is 5.32 Å². The van der Waals surface area contributed by atoms with Crippen LogP contribution < -0.4 is 5.32 Å². The van der Waals surface area contributed by atoms with Crippen LogP contribution in [0.4, 0.5) is 0 Å².